The van der Waals surface area contributed by atoms with Crippen molar-refractivity contribution in [2.24, 2.45) is 0 Å². The maximum atomic E-state index is 13.8. The van der Waals surface area contributed by atoms with Crippen LogP contribution in [0.3, 0.4) is 0 Å². The molecule has 0 aliphatic carbocycles. The summed E-state index contributed by atoms with van der Waals surface area (Å²) < 4.78 is 69.9. The molecule has 0 fully saturated rings. The van der Waals surface area contributed by atoms with Crippen LogP contribution in [-0.2, 0) is 16.0 Å². The highest BCUT2D eigenvalue weighted by Gasteiger charge is 2.41. The zero-order valence-electron chi connectivity index (χ0n) is 16.5. The number of rotatable bonds is 5. The van der Waals surface area contributed by atoms with E-state index in [0.717, 1.165) is 17.4 Å². The number of carbonyl (C=O) groups excluding carboxylic acids is 1. The normalized spacial score (nSPS) is 11.9. The molecule has 0 aliphatic heterocycles. The molecule has 31 heavy (non-hydrogen) atoms. The van der Waals surface area contributed by atoms with Gasteiger partial charge in [0.05, 0.1) is 23.8 Å². The first kappa shape index (κ1) is 22.2. The number of amides is 1. The van der Waals surface area contributed by atoms with Crippen LogP contribution in [0.25, 0.3) is 5.82 Å². The summed E-state index contributed by atoms with van der Waals surface area (Å²) in [5.74, 6) is -1.16. The molecule has 0 spiro atoms. The highest BCUT2D eigenvalue weighted by Crippen LogP contribution is 2.34. The van der Waals surface area contributed by atoms with Crippen molar-refractivity contribution in [3.8, 4) is 11.7 Å². The van der Waals surface area contributed by atoms with Gasteiger partial charge in [-0.25, -0.2) is 13.1 Å². The van der Waals surface area contributed by atoms with E-state index >= 15 is 0 Å². The van der Waals surface area contributed by atoms with Crippen LogP contribution >= 0.6 is 0 Å². The van der Waals surface area contributed by atoms with Crippen LogP contribution in [0.2, 0.25) is 0 Å². The minimum absolute atomic E-state index is 0.0129. The number of anilines is 1. The molecule has 13 heteroatoms. The molecular formula is C18H16F3N5O4S. The summed E-state index contributed by atoms with van der Waals surface area (Å²) in [5, 5.41) is 10.9. The summed E-state index contributed by atoms with van der Waals surface area (Å²) in [7, 11) is -0.870. The summed E-state index contributed by atoms with van der Waals surface area (Å²) in [4.78, 5) is 13.8. The van der Waals surface area contributed by atoms with Crippen LogP contribution in [0.15, 0.2) is 47.5 Å². The predicted octanol–water partition coefficient (Wildman–Crippen LogP) is 2.37. The maximum Gasteiger partial charge on any atom is 0.434 e. The Balaban J connectivity index is 2.01. The molecule has 0 aliphatic rings. The minimum atomic E-state index is -4.93. The number of aromatic nitrogens is 4. The monoisotopic (exact) mass is 455 g/mol. The minimum Gasteiger partial charge on any atom is -0.480 e. The number of sulfone groups is 1. The lowest BCUT2D eigenvalue weighted by molar-refractivity contribution is -0.143. The van der Waals surface area contributed by atoms with Crippen LogP contribution in [0.1, 0.15) is 16.1 Å². The number of hydrogen-bond donors (Lipinski definition) is 0. The second-order valence-corrected chi connectivity index (χ2v) is 8.40. The molecule has 0 N–H and O–H groups in total. The van der Waals surface area contributed by atoms with Crippen molar-refractivity contribution in [2.75, 3.05) is 25.3 Å². The zero-order valence-corrected chi connectivity index (χ0v) is 17.3. The molecular weight excluding hydrogens is 439 g/mol. The molecule has 2 aromatic heterocycles. The first-order valence-corrected chi connectivity index (χ1v) is 10.4. The summed E-state index contributed by atoms with van der Waals surface area (Å²) in [6, 6.07) is 7.68. The van der Waals surface area contributed by atoms with Crippen molar-refractivity contribution in [1.29, 1.82) is 0 Å². The van der Waals surface area contributed by atoms with Gasteiger partial charge < -0.3 is 9.64 Å². The molecule has 9 nitrogen and oxygen atoms in total. The third-order valence-electron chi connectivity index (χ3n) is 4.28. The van der Waals surface area contributed by atoms with E-state index in [1.54, 1.807) is 0 Å². The molecule has 0 saturated carbocycles. The van der Waals surface area contributed by atoms with E-state index in [0.29, 0.717) is 4.68 Å². The maximum absolute atomic E-state index is 13.8. The molecule has 164 valence electrons. The topological polar surface area (TPSA) is 107 Å². The highest BCUT2D eigenvalue weighted by atomic mass is 32.2. The number of carbonyl (C=O) groups is 1. The van der Waals surface area contributed by atoms with Gasteiger partial charge in [0.2, 0.25) is 5.88 Å². The van der Waals surface area contributed by atoms with Crippen molar-refractivity contribution in [3.63, 3.8) is 0 Å². The van der Waals surface area contributed by atoms with Crippen LogP contribution in [-0.4, -0.2) is 54.7 Å². The Kier molecular flexibility index (Phi) is 5.72. The standard InChI is InChI=1S/C18H16F3N5O4S/c1-25(11-4-6-12(7-5-11)31(3,28)29)17(27)13-10-22-26(16(13)18(19,20)21)14-8-9-15(30-2)24-23-14/h4-10H,1-3H3. The van der Waals surface area contributed by atoms with Crippen molar-refractivity contribution < 1.29 is 31.1 Å². The van der Waals surface area contributed by atoms with E-state index < -0.39 is 33.2 Å². The summed E-state index contributed by atoms with van der Waals surface area (Å²) in [6.07, 6.45) is -3.12. The van der Waals surface area contributed by atoms with Crippen LogP contribution in [0.4, 0.5) is 18.9 Å². The largest absolute Gasteiger partial charge is 0.480 e. The number of ether oxygens (including phenoxy) is 1. The second-order valence-electron chi connectivity index (χ2n) is 6.38. The smallest absolute Gasteiger partial charge is 0.434 e. The van der Waals surface area contributed by atoms with Crippen molar-refractivity contribution in [2.45, 2.75) is 11.1 Å². The van der Waals surface area contributed by atoms with Gasteiger partial charge in [-0.3, -0.25) is 4.79 Å². The third kappa shape index (κ3) is 4.50. The average Bonchev–Trinajstić information content (AvgIpc) is 3.18. The molecule has 0 radical (unpaired) electrons. The lowest BCUT2D eigenvalue weighted by Gasteiger charge is -2.19. The highest BCUT2D eigenvalue weighted by molar-refractivity contribution is 7.90. The predicted molar refractivity (Wildman–Crippen MR) is 103 cm³/mol. The number of benzene rings is 1. The Hall–Kier alpha value is -3.48. The lowest BCUT2D eigenvalue weighted by Crippen LogP contribution is -2.29. The van der Waals surface area contributed by atoms with E-state index in [1.165, 1.54) is 50.6 Å². The van der Waals surface area contributed by atoms with E-state index in [9.17, 15) is 26.4 Å². The fourth-order valence-electron chi connectivity index (χ4n) is 2.70. The van der Waals surface area contributed by atoms with E-state index in [2.05, 4.69) is 15.3 Å². The number of alkyl halides is 3. The van der Waals surface area contributed by atoms with Crippen molar-refractivity contribution in [3.05, 3.63) is 53.9 Å². The Morgan fingerprint density at radius 1 is 1.10 bits per heavy atom. The Bertz CT molecular complexity index is 1210. The van der Waals surface area contributed by atoms with Crippen LogP contribution in [0, 0.1) is 0 Å². The number of halogens is 3. The van der Waals surface area contributed by atoms with Gasteiger partial charge in [-0.2, -0.15) is 18.3 Å². The molecule has 3 rings (SSSR count). The summed E-state index contributed by atoms with van der Waals surface area (Å²) in [6.45, 7) is 0. The van der Waals surface area contributed by atoms with E-state index in [-0.39, 0.29) is 22.3 Å². The fourth-order valence-corrected chi connectivity index (χ4v) is 3.33. The quantitative estimate of drug-likeness (QED) is 0.581. The van der Waals surface area contributed by atoms with Gasteiger partial charge in [-0.1, -0.05) is 0 Å². The molecule has 0 saturated heterocycles. The Morgan fingerprint density at radius 2 is 1.74 bits per heavy atom. The molecule has 2 heterocycles. The van der Waals surface area contributed by atoms with Gasteiger partial charge in [-0.05, 0) is 30.3 Å². The molecule has 1 amide bonds. The first-order valence-electron chi connectivity index (χ1n) is 8.55. The zero-order chi connectivity index (χ0) is 23.0. The molecule has 0 unspecified atom stereocenters. The molecule has 0 bridgehead atoms. The number of methoxy groups -OCH3 is 1. The second kappa shape index (κ2) is 7.98. The van der Waals surface area contributed by atoms with Crippen LogP contribution < -0.4 is 9.64 Å². The van der Waals surface area contributed by atoms with Gasteiger partial charge in [0.15, 0.2) is 21.3 Å². The first-order chi connectivity index (χ1) is 14.4. The van der Waals surface area contributed by atoms with Gasteiger partial charge in [0.1, 0.15) is 0 Å². The summed E-state index contributed by atoms with van der Waals surface area (Å²) in [5.41, 5.74) is -1.83. The van der Waals surface area contributed by atoms with Gasteiger partial charge in [0.25, 0.3) is 5.91 Å². The Labute approximate surface area is 175 Å². The average molecular weight is 455 g/mol. The van der Waals surface area contributed by atoms with Crippen molar-refractivity contribution in [1.82, 2.24) is 20.0 Å². The molecule has 0 atom stereocenters. The summed E-state index contributed by atoms with van der Waals surface area (Å²) >= 11 is 0. The molecule has 3 aromatic rings. The van der Waals surface area contributed by atoms with Gasteiger partial charge >= 0.3 is 6.18 Å². The Morgan fingerprint density at radius 3 is 2.23 bits per heavy atom. The fraction of sp³-hybridized carbons (Fsp3) is 0.222. The number of hydrogen-bond acceptors (Lipinski definition) is 7. The van der Waals surface area contributed by atoms with Gasteiger partial charge in [0, 0.05) is 25.1 Å². The van der Waals surface area contributed by atoms with Crippen LogP contribution in [0.5, 0.6) is 5.88 Å². The lowest BCUT2D eigenvalue weighted by atomic mass is 10.2. The van der Waals surface area contributed by atoms with Crippen molar-refractivity contribution >= 4 is 21.4 Å². The van der Waals surface area contributed by atoms with Gasteiger partial charge in [-0.15, -0.1) is 10.2 Å². The van der Waals surface area contributed by atoms with E-state index in [1.807, 2.05) is 0 Å². The van der Waals surface area contributed by atoms with E-state index in [4.69, 9.17) is 4.74 Å². The number of nitrogens with zero attached hydrogens (tertiary/aromatic N) is 5. The third-order valence-corrected chi connectivity index (χ3v) is 5.41. The molecule has 1 aromatic carbocycles. The SMILES string of the molecule is COc1ccc(-n2ncc(C(=O)N(C)c3ccc(S(C)(=O)=O)cc3)c2C(F)(F)F)nn1.